The molecule has 0 radical (unpaired) electrons. The van der Waals surface area contributed by atoms with E-state index in [0.29, 0.717) is 28.7 Å². The molecule has 0 saturated heterocycles. The molecule has 0 fully saturated rings. The van der Waals surface area contributed by atoms with Crippen molar-refractivity contribution >= 4 is 49.3 Å². The van der Waals surface area contributed by atoms with Crippen molar-refractivity contribution in [1.29, 1.82) is 0 Å². The first-order chi connectivity index (χ1) is 34.1. The number of fused-ring (bicyclic) bond motifs is 6. The van der Waals surface area contributed by atoms with Gasteiger partial charge in [0.15, 0.2) is 23.2 Å². The van der Waals surface area contributed by atoms with Crippen LogP contribution in [0.1, 0.15) is 33.4 Å². The molecule has 334 valence electrons. The minimum absolute atomic E-state index is 0.426. The van der Waals surface area contributed by atoms with Crippen LogP contribution in [0, 0.1) is 48.1 Å². The highest BCUT2D eigenvalue weighted by atomic mass is 15.1. The summed E-state index contributed by atoms with van der Waals surface area (Å²) in [6, 6.07) is 64.3. The van der Waals surface area contributed by atoms with Gasteiger partial charge < -0.3 is 9.13 Å². The first-order valence-electron chi connectivity index (χ1n) is 23.8. The van der Waals surface area contributed by atoms with E-state index in [4.69, 9.17) is 21.5 Å². The van der Waals surface area contributed by atoms with Crippen molar-refractivity contribution in [3.63, 3.8) is 0 Å². The molecule has 3 aromatic heterocycles. The van der Waals surface area contributed by atoms with Gasteiger partial charge in [0.2, 0.25) is 0 Å². The third-order valence-corrected chi connectivity index (χ3v) is 13.9. The zero-order valence-electron chi connectivity index (χ0n) is 40.0. The Kier molecular flexibility index (Phi) is 10.1. The van der Waals surface area contributed by atoms with Crippen LogP contribution >= 0.6 is 0 Å². The van der Waals surface area contributed by atoms with E-state index in [-0.39, 0.29) is 0 Å². The van der Waals surface area contributed by atoms with Crippen LogP contribution in [0.15, 0.2) is 182 Å². The maximum absolute atomic E-state index is 8.89. The van der Waals surface area contributed by atoms with Gasteiger partial charge >= 0.3 is 0 Å². The summed E-state index contributed by atoms with van der Waals surface area (Å²) in [7, 11) is 0. The first kappa shape index (κ1) is 42.4. The van der Waals surface area contributed by atoms with Gasteiger partial charge in [-0.05, 0) is 135 Å². The first-order valence-corrected chi connectivity index (χ1v) is 23.8. The quantitative estimate of drug-likeness (QED) is 0.150. The normalized spacial score (nSPS) is 11.6. The summed E-state index contributed by atoms with van der Waals surface area (Å²) in [6.07, 6.45) is 0. The molecular formula is C64H48N6. The number of rotatable bonds is 7. The van der Waals surface area contributed by atoms with Gasteiger partial charge in [0.25, 0.3) is 0 Å². The standard InChI is InChI=1S/C64H48N6/c1-38-30-40(3)60(41(4)31-38)46-26-28-56-50(34-46)48-22-14-16-24-54(48)69(56)58-36-52(64-67-62(44-18-10-8-11-19-44)66-63(68-64)45-20-12-9-13-21-45)53(65-7)37-59(58)70-55-25-17-15-23-49(55)51-35-47(27-29-57(51)70)61-42(5)32-39(2)33-43(61)6/h8-37H,1-6H3. The fourth-order valence-corrected chi connectivity index (χ4v) is 11.2. The number of hydrogen-bond acceptors (Lipinski definition) is 3. The van der Waals surface area contributed by atoms with Gasteiger partial charge in [-0.25, -0.2) is 19.8 Å². The zero-order chi connectivity index (χ0) is 47.8. The number of benzene rings is 9. The van der Waals surface area contributed by atoms with Crippen LogP contribution in [0.5, 0.6) is 0 Å². The minimum Gasteiger partial charge on any atom is -0.308 e. The molecule has 0 saturated carbocycles. The lowest BCUT2D eigenvalue weighted by Gasteiger charge is -2.20. The van der Waals surface area contributed by atoms with E-state index in [9.17, 15) is 0 Å². The van der Waals surface area contributed by atoms with Gasteiger partial charge in [-0.15, -0.1) is 0 Å². The Morgan fingerprint density at radius 1 is 0.357 bits per heavy atom. The molecule has 0 aliphatic rings. The second-order valence-electron chi connectivity index (χ2n) is 18.7. The van der Waals surface area contributed by atoms with E-state index >= 15 is 0 Å². The predicted molar refractivity (Wildman–Crippen MR) is 290 cm³/mol. The largest absolute Gasteiger partial charge is 0.308 e. The van der Waals surface area contributed by atoms with E-state index in [1.54, 1.807) is 0 Å². The number of para-hydroxylation sites is 2. The van der Waals surface area contributed by atoms with Gasteiger partial charge in [0.1, 0.15) is 0 Å². The van der Waals surface area contributed by atoms with Crippen LogP contribution in [0.25, 0.3) is 116 Å². The smallest absolute Gasteiger partial charge is 0.200 e. The Bertz CT molecular complexity index is 4030. The van der Waals surface area contributed by atoms with Crippen LogP contribution in [0.2, 0.25) is 0 Å². The molecule has 0 N–H and O–H groups in total. The van der Waals surface area contributed by atoms with Crippen molar-refractivity contribution in [2.75, 3.05) is 0 Å². The Morgan fingerprint density at radius 2 is 0.743 bits per heavy atom. The van der Waals surface area contributed by atoms with E-state index in [1.807, 2.05) is 66.7 Å². The molecule has 6 nitrogen and oxygen atoms in total. The topological polar surface area (TPSA) is 52.9 Å². The van der Waals surface area contributed by atoms with Gasteiger partial charge in [-0.2, -0.15) is 0 Å². The highest BCUT2D eigenvalue weighted by Crippen LogP contribution is 2.45. The van der Waals surface area contributed by atoms with Crippen LogP contribution < -0.4 is 0 Å². The molecule has 9 aromatic carbocycles. The lowest BCUT2D eigenvalue weighted by molar-refractivity contribution is 1.07. The molecule has 0 bridgehead atoms. The molecule has 0 spiro atoms. The van der Waals surface area contributed by atoms with Gasteiger partial charge in [0.05, 0.1) is 40.0 Å². The molecule has 0 amide bonds. The highest BCUT2D eigenvalue weighted by Gasteiger charge is 2.25. The average molecular weight is 901 g/mol. The number of aryl methyl sites for hydroxylation is 6. The van der Waals surface area contributed by atoms with Crippen LogP contribution in [0.3, 0.4) is 0 Å². The molecule has 0 unspecified atom stereocenters. The summed E-state index contributed by atoms with van der Waals surface area (Å²) in [5.41, 5.74) is 21.1. The predicted octanol–water partition coefficient (Wildman–Crippen LogP) is 16.8. The summed E-state index contributed by atoms with van der Waals surface area (Å²) in [5, 5.41) is 4.55. The second-order valence-corrected chi connectivity index (χ2v) is 18.7. The Labute approximate surface area is 407 Å². The molecular weight excluding hydrogens is 853 g/mol. The van der Waals surface area contributed by atoms with Crippen LogP contribution in [-0.2, 0) is 0 Å². The van der Waals surface area contributed by atoms with E-state index < -0.39 is 0 Å². The van der Waals surface area contributed by atoms with Gasteiger partial charge in [0, 0.05) is 38.2 Å². The van der Waals surface area contributed by atoms with Crippen molar-refractivity contribution in [2.45, 2.75) is 41.5 Å². The molecule has 6 heteroatoms. The SMILES string of the molecule is [C-]#[N+]c1cc(-n2c3ccccc3c3cc(-c4c(C)cc(C)cc4C)ccc32)c(-n2c3ccccc3c3cc(-c4c(C)cc(C)cc4C)ccc32)cc1-c1nc(-c2ccccc2)nc(-c2ccccc2)n1. The highest BCUT2D eigenvalue weighted by molar-refractivity contribution is 6.13. The number of aromatic nitrogens is 5. The van der Waals surface area contributed by atoms with E-state index in [2.05, 4.69) is 171 Å². The average Bonchev–Trinajstić information content (AvgIpc) is 3.88. The third kappa shape index (κ3) is 6.97. The van der Waals surface area contributed by atoms with Crippen molar-refractivity contribution in [2.24, 2.45) is 0 Å². The van der Waals surface area contributed by atoms with Crippen molar-refractivity contribution in [3.8, 4) is 67.8 Å². The monoisotopic (exact) mass is 900 g/mol. The summed E-state index contributed by atoms with van der Waals surface area (Å²) in [5.74, 6) is 1.50. The fraction of sp³-hybridized carbons (Fsp3) is 0.0938. The molecule has 0 aliphatic heterocycles. The summed E-state index contributed by atoms with van der Waals surface area (Å²) >= 11 is 0. The van der Waals surface area contributed by atoms with E-state index in [0.717, 1.165) is 66.1 Å². The maximum atomic E-state index is 8.89. The summed E-state index contributed by atoms with van der Waals surface area (Å²) in [4.78, 5) is 19.7. The van der Waals surface area contributed by atoms with Crippen LogP contribution in [0.4, 0.5) is 5.69 Å². The number of nitrogens with zero attached hydrogens (tertiary/aromatic N) is 6. The van der Waals surface area contributed by atoms with Crippen molar-refractivity contribution in [1.82, 2.24) is 24.1 Å². The Hall–Kier alpha value is -8.92. The molecule has 12 aromatic rings. The maximum Gasteiger partial charge on any atom is 0.200 e. The molecule has 3 heterocycles. The van der Waals surface area contributed by atoms with Crippen molar-refractivity contribution in [3.05, 3.63) is 227 Å². The zero-order valence-corrected chi connectivity index (χ0v) is 40.0. The Balaban J connectivity index is 1.19. The molecule has 12 rings (SSSR count). The molecule has 70 heavy (non-hydrogen) atoms. The fourth-order valence-electron chi connectivity index (χ4n) is 11.2. The molecule has 0 atom stereocenters. The van der Waals surface area contributed by atoms with Gasteiger partial charge in [-0.1, -0.05) is 145 Å². The van der Waals surface area contributed by atoms with Gasteiger partial charge in [-0.3, -0.25) is 0 Å². The van der Waals surface area contributed by atoms with E-state index in [1.165, 1.54) is 55.6 Å². The minimum atomic E-state index is 0.426. The second kappa shape index (κ2) is 16.7. The Morgan fingerprint density at radius 3 is 1.19 bits per heavy atom. The summed E-state index contributed by atoms with van der Waals surface area (Å²) < 4.78 is 4.73. The van der Waals surface area contributed by atoms with Crippen molar-refractivity contribution < 1.29 is 0 Å². The van der Waals surface area contributed by atoms with Crippen LogP contribution in [-0.4, -0.2) is 24.1 Å². The lowest BCUT2D eigenvalue weighted by atomic mass is 9.93. The number of hydrogen-bond donors (Lipinski definition) is 0. The third-order valence-electron chi connectivity index (χ3n) is 13.9. The molecule has 0 aliphatic carbocycles. The summed E-state index contributed by atoms with van der Waals surface area (Å²) in [6.45, 7) is 22.0. The lowest BCUT2D eigenvalue weighted by Crippen LogP contribution is -2.06.